The zero-order valence-corrected chi connectivity index (χ0v) is 7.05. The van der Waals surface area contributed by atoms with Crippen LogP contribution in [0.2, 0.25) is 0 Å². The average Bonchev–Trinajstić information content (AvgIpc) is 2.52. The highest BCUT2D eigenvalue weighted by molar-refractivity contribution is 14.1. The van der Waals surface area contributed by atoms with Crippen LogP contribution in [-0.2, 0) is 9.53 Å². The molecule has 2 rings (SSSR count). The first-order chi connectivity index (χ1) is 4.29. The summed E-state index contributed by atoms with van der Waals surface area (Å²) < 4.78 is 5.80. The molecule has 2 atom stereocenters. The maximum absolute atomic E-state index is 10.9. The van der Waals surface area contributed by atoms with Gasteiger partial charge in [0.1, 0.15) is 0 Å². The predicted octanol–water partition coefficient (Wildman–Crippen LogP) is 0.985. The summed E-state index contributed by atoms with van der Waals surface area (Å²) in [7, 11) is 0. The Morgan fingerprint density at radius 3 is 2.89 bits per heavy atom. The van der Waals surface area contributed by atoms with Gasteiger partial charge in [0.2, 0.25) is 0 Å². The van der Waals surface area contributed by atoms with Gasteiger partial charge in [-0.05, 0) is 6.42 Å². The lowest BCUT2D eigenvalue weighted by molar-refractivity contribution is -0.143. The van der Waals surface area contributed by atoms with E-state index in [4.69, 9.17) is 4.74 Å². The van der Waals surface area contributed by atoms with Crippen LogP contribution in [-0.4, -0.2) is 17.0 Å². The fourth-order valence-corrected chi connectivity index (χ4v) is 2.63. The molecule has 0 unspecified atom stereocenters. The highest BCUT2D eigenvalue weighted by Crippen LogP contribution is 2.58. The van der Waals surface area contributed by atoms with Crippen LogP contribution in [0, 0.1) is 11.3 Å². The number of esters is 1. The summed E-state index contributed by atoms with van der Waals surface area (Å²) >= 11 is 2.26. The van der Waals surface area contributed by atoms with Gasteiger partial charge in [0, 0.05) is 10.3 Å². The molecule has 0 spiro atoms. The molecule has 1 saturated carbocycles. The van der Waals surface area contributed by atoms with E-state index in [2.05, 4.69) is 22.6 Å². The molecule has 1 aliphatic carbocycles. The molecule has 0 aromatic heterocycles. The Bertz CT molecular complexity index is 164. The molecule has 0 aromatic carbocycles. The van der Waals surface area contributed by atoms with Gasteiger partial charge in [-0.3, -0.25) is 4.79 Å². The van der Waals surface area contributed by atoms with E-state index in [0.717, 1.165) is 10.8 Å². The van der Waals surface area contributed by atoms with Crippen molar-refractivity contribution in [2.75, 3.05) is 11.0 Å². The number of fused-ring (bicyclic) bond motifs is 1. The third kappa shape index (κ3) is 0.586. The van der Waals surface area contributed by atoms with Crippen LogP contribution in [0.1, 0.15) is 6.42 Å². The van der Waals surface area contributed by atoms with E-state index in [1.807, 2.05) is 0 Å². The van der Waals surface area contributed by atoms with Crippen molar-refractivity contribution in [2.45, 2.75) is 6.42 Å². The van der Waals surface area contributed by atoms with Crippen molar-refractivity contribution < 1.29 is 9.53 Å². The molecule has 0 aromatic rings. The van der Waals surface area contributed by atoms with E-state index in [-0.39, 0.29) is 11.4 Å². The average molecular weight is 238 g/mol. The maximum atomic E-state index is 10.9. The number of hydrogen-bond acceptors (Lipinski definition) is 2. The summed E-state index contributed by atoms with van der Waals surface area (Å²) in [6.07, 6.45) is 1.08. The van der Waals surface area contributed by atoms with Crippen LogP contribution >= 0.6 is 22.6 Å². The standard InChI is InChI=1S/C6H7IO2/c7-3-6-1-4(6)2-9-5(6)8/h4H,1-3H2/t4-,6+/m0/s1. The van der Waals surface area contributed by atoms with Crippen molar-refractivity contribution in [2.24, 2.45) is 11.3 Å². The number of halogens is 1. The molecule has 2 fully saturated rings. The number of alkyl halides is 1. The Hall–Kier alpha value is 0.200. The van der Waals surface area contributed by atoms with Crippen LogP contribution in [0.15, 0.2) is 0 Å². The Morgan fingerprint density at radius 1 is 1.89 bits per heavy atom. The first-order valence-electron chi connectivity index (χ1n) is 3.03. The molecule has 0 radical (unpaired) electrons. The normalized spacial score (nSPS) is 46.3. The van der Waals surface area contributed by atoms with Crippen molar-refractivity contribution in [3.8, 4) is 0 Å². The fourth-order valence-electron chi connectivity index (χ4n) is 1.39. The number of carbonyl (C=O) groups is 1. The van der Waals surface area contributed by atoms with Gasteiger partial charge < -0.3 is 4.74 Å². The summed E-state index contributed by atoms with van der Waals surface area (Å²) in [6, 6.07) is 0. The van der Waals surface area contributed by atoms with Crippen molar-refractivity contribution in [3.05, 3.63) is 0 Å². The summed E-state index contributed by atoms with van der Waals surface area (Å²) in [5.74, 6) is 0.615. The molecule has 2 aliphatic rings. The monoisotopic (exact) mass is 238 g/mol. The second-order valence-electron chi connectivity index (χ2n) is 2.79. The fraction of sp³-hybridized carbons (Fsp3) is 0.833. The first kappa shape index (κ1) is 5.95. The summed E-state index contributed by atoms with van der Waals surface area (Å²) in [4.78, 5) is 10.9. The van der Waals surface area contributed by atoms with Crippen molar-refractivity contribution >= 4 is 28.6 Å². The van der Waals surface area contributed by atoms with E-state index < -0.39 is 0 Å². The Labute approximate surface area is 67.1 Å². The molecule has 9 heavy (non-hydrogen) atoms. The number of cyclic esters (lactones) is 1. The van der Waals surface area contributed by atoms with E-state index in [9.17, 15) is 4.79 Å². The lowest BCUT2D eigenvalue weighted by atomic mass is 10.1. The highest BCUT2D eigenvalue weighted by Gasteiger charge is 2.64. The number of ether oxygens (including phenoxy) is 1. The molecule has 1 aliphatic heterocycles. The molecule has 1 saturated heterocycles. The largest absolute Gasteiger partial charge is 0.465 e. The van der Waals surface area contributed by atoms with Crippen molar-refractivity contribution in [1.29, 1.82) is 0 Å². The molecule has 2 nitrogen and oxygen atoms in total. The quantitative estimate of drug-likeness (QED) is 0.386. The lowest BCUT2D eigenvalue weighted by Crippen LogP contribution is -2.14. The number of carbonyl (C=O) groups excluding carboxylic acids is 1. The minimum absolute atomic E-state index is 0.0133. The second-order valence-corrected chi connectivity index (χ2v) is 3.55. The number of rotatable bonds is 1. The molecular formula is C6H7IO2. The SMILES string of the molecule is O=C1OC[C@@H]2C[C@]12CI. The zero-order chi connectivity index (χ0) is 6.48. The predicted molar refractivity (Wildman–Crippen MR) is 40.4 cm³/mol. The molecule has 1 heterocycles. The molecule has 0 bridgehead atoms. The Balaban J connectivity index is 2.23. The van der Waals surface area contributed by atoms with Gasteiger partial charge in [-0.15, -0.1) is 0 Å². The molecule has 0 N–H and O–H groups in total. The second kappa shape index (κ2) is 1.62. The lowest BCUT2D eigenvalue weighted by Gasteiger charge is -2.01. The highest BCUT2D eigenvalue weighted by atomic mass is 127. The van der Waals surface area contributed by atoms with Crippen molar-refractivity contribution in [3.63, 3.8) is 0 Å². The van der Waals surface area contributed by atoms with E-state index >= 15 is 0 Å². The summed E-state index contributed by atoms with van der Waals surface area (Å²) in [5.41, 5.74) is -0.0133. The van der Waals surface area contributed by atoms with Crippen molar-refractivity contribution in [1.82, 2.24) is 0 Å². The summed E-state index contributed by atoms with van der Waals surface area (Å²) in [5, 5.41) is 0. The topological polar surface area (TPSA) is 26.3 Å². The Morgan fingerprint density at radius 2 is 2.67 bits per heavy atom. The van der Waals surface area contributed by atoms with Gasteiger partial charge in [-0.1, -0.05) is 22.6 Å². The van der Waals surface area contributed by atoms with Gasteiger partial charge >= 0.3 is 5.97 Å². The zero-order valence-electron chi connectivity index (χ0n) is 4.89. The summed E-state index contributed by atoms with van der Waals surface area (Å²) in [6.45, 7) is 0.682. The van der Waals surface area contributed by atoms with E-state index in [1.165, 1.54) is 0 Å². The molecular weight excluding hydrogens is 231 g/mol. The maximum Gasteiger partial charge on any atom is 0.313 e. The van der Waals surface area contributed by atoms with Gasteiger partial charge in [0.25, 0.3) is 0 Å². The van der Waals surface area contributed by atoms with E-state index in [1.54, 1.807) is 0 Å². The molecule has 0 amide bonds. The smallest absolute Gasteiger partial charge is 0.313 e. The number of hydrogen-bond donors (Lipinski definition) is 0. The minimum atomic E-state index is -0.0133. The third-order valence-corrected chi connectivity index (χ3v) is 3.65. The van der Waals surface area contributed by atoms with Gasteiger partial charge in [-0.25, -0.2) is 0 Å². The minimum Gasteiger partial charge on any atom is -0.465 e. The van der Waals surface area contributed by atoms with Gasteiger partial charge in [0.05, 0.1) is 12.0 Å². The molecule has 3 heteroatoms. The van der Waals surface area contributed by atoms with Crippen LogP contribution in [0.3, 0.4) is 0 Å². The Kier molecular flexibility index (Phi) is 1.07. The van der Waals surface area contributed by atoms with E-state index in [0.29, 0.717) is 12.5 Å². The van der Waals surface area contributed by atoms with Crippen LogP contribution in [0.5, 0.6) is 0 Å². The third-order valence-electron chi connectivity index (χ3n) is 2.29. The first-order valence-corrected chi connectivity index (χ1v) is 4.55. The van der Waals surface area contributed by atoms with Gasteiger partial charge in [0.15, 0.2) is 0 Å². The van der Waals surface area contributed by atoms with Crippen LogP contribution < -0.4 is 0 Å². The van der Waals surface area contributed by atoms with Crippen LogP contribution in [0.4, 0.5) is 0 Å². The van der Waals surface area contributed by atoms with Crippen LogP contribution in [0.25, 0.3) is 0 Å². The van der Waals surface area contributed by atoms with Gasteiger partial charge in [-0.2, -0.15) is 0 Å². The molecule has 50 valence electrons.